The zero-order chi connectivity index (χ0) is 14.6. The van der Waals surface area contributed by atoms with E-state index in [1.54, 1.807) is 0 Å². The summed E-state index contributed by atoms with van der Waals surface area (Å²) in [5.74, 6) is -0.389. The molecule has 1 aromatic rings. The van der Waals surface area contributed by atoms with Crippen LogP contribution in [0.4, 0.5) is 4.39 Å². The van der Waals surface area contributed by atoms with Gasteiger partial charge < -0.3 is 5.73 Å². The topological polar surface area (TPSA) is 76.3 Å². The molecule has 2 N–H and O–H groups in total. The van der Waals surface area contributed by atoms with Crippen molar-refractivity contribution in [1.29, 1.82) is 0 Å². The van der Waals surface area contributed by atoms with Crippen LogP contribution in [0.3, 0.4) is 0 Å². The van der Waals surface area contributed by atoms with Crippen molar-refractivity contribution in [2.24, 2.45) is 11.7 Å². The molecule has 5 nitrogen and oxygen atoms in total. The summed E-state index contributed by atoms with van der Waals surface area (Å²) in [7, 11) is -2.26. The molecule has 0 aliphatic heterocycles. The Morgan fingerprint density at radius 3 is 2.58 bits per heavy atom. The molecule has 0 amide bonds. The van der Waals surface area contributed by atoms with Crippen LogP contribution in [0.2, 0.25) is 0 Å². The van der Waals surface area contributed by atoms with Crippen molar-refractivity contribution in [2.45, 2.75) is 31.2 Å². The lowest BCUT2D eigenvalue weighted by Gasteiger charge is -2.21. The summed E-state index contributed by atoms with van der Waals surface area (Å²) >= 11 is 0. The summed E-state index contributed by atoms with van der Waals surface area (Å²) in [6.07, 6.45) is 2.65. The van der Waals surface area contributed by atoms with Crippen molar-refractivity contribution in [3.05, 3.63) is 24.3 Å². The lowest BCUT2D eigenvalue weighted by molar-refractivity contribution is 0.397. The van der Waals surface area contributed by atoms with Crippen molar-refractivity contribution in [2.75, 3.05) is 13.6 Å². The summed E-state index contributed by atoms with van der Waals surface area (Å²) in [5, 5.41) is 0. The van der Waals surface area contributed by atoms with Gasteiger partial charge in [-0.3, -0.25) is 4.98 Å². The van der Waals surface area contributed by atoms with Gasteiger partial charge in [-0.25, -0.2) is 17.1 Å². The Balaban J connectivity index is 2.78. The highest BCUT2D eigenvalue weighted by atomic mass is 32.2. The number of rotatable bonds is 6. The lowest BCUT2D eigenvalue weighted by atomic mass is 10.0. The number of nitrogens with two attached hydrogens (primary N) is 1. The van der Waals surface area contributed by atoms with Crippen LogP contribution in [0, 0.1) is 11.7 Å². The Kier molecular flexibility index (Phi) is 5.39. The van der Waals surface area contributed by atoms with Gasteiger partial charge in [-0.05, 0) is 18.4 Å². The van der Waals surface area contributed by atoms with Crippen molar-refractivity contribution >= 4 is 10.0 Å². The maximum atomic E-state index is 13.0. The minimum Gasteiger partial charge on any atom is -0.327 e. The van der Waals surface area contributed by atoms with Gasteiger partial charge in [0.25, 0.3) is 0 Å². The summed E-state index contributed by atoms with van der Waals surface area (Å²) in [4.78, 5) is 3.41. The second kappa shape index (κ2) is 6.40. The lowest BCUT2D eigenvalue weighted by Crippen LogP contribution is -2.34. The molecule has 7 heteroatoms. The van der Waals surface area contributed by atoms with Gasteiger partial charge in [0.15, 0.2) is 0 Å². The Hall–Kier alpha value is -1.05. The predicted molar refractivity (Wildman–Crippen MR) is 71.4 cm³/mol. The largest absolute Gasteiger partial charge is 0.327 e. The number of pyridine rings is 1. The molecule has 108 valence electrons. The van der Waals surface area contributed by atoms with E-state index in [0.29, 0.717) is 6.42 Å². The van der Waals surface area contributed by atoms with Crippen LogP contribution in [0.5, 0.6) is 0 Å². The van der Waals surface area contributed by atoms with E-state index in [4.69, 9.17) is 5.73 Å². The number of nitrogens with zero attached hydrogens (tertiary/aromatic N) is 2. The van der Waals surface area contributed by atoms with Gasteiger partial charge in [0.05, 0.1) is 6.20 Å². The van der Waals surface area contributed by atoms with Crippen LogP contribution >= 0.6 is 0 Å². The van der Waals surface area contributed by atoms with Crippen molar-refractivity contribution in [3.63, 3.8) is 0 Å². The molecule has 0 saturated heterocycles. The zero-order valence-corrected chi connectivity index (χ0v) is 12.2. The highest BCUT2D eigenvalue weighted by Gasteiger charge is 2.22. The third kappa shape index (κ3) is 4.22. The van der Waals surface area contributed by atoms with Crippen LogP contribution in [-0.4, -0.2) is 37.3 Å². The maximum absolute atomic E-state index is 13.0. The van der Waals surface area contributed by atoms with Gasteiger partial charge in [-0.2, -0.15) is 0 Å². The van der Waals surface area contributed by atoms with E-state index in [-0.39, 0.29) is 23.4 Å². The normalized spacial score (nSPS) is 14.1. The second-order valence-corrected chi connectivity index (χ2v) is 6.91. The van der Waals surface area contributed by atoms with E-state index in [1.165, 1.54) is 11.4 Å². The van der Waals surface area contributed by atoms with E-state index in [1.807, 2.05) is 13.8 Å². The average molecular weight is 289 g/mol. The Morgan fingerprint density at radius 2 is 2.05 bits per heavy atom. The van der Waals surface area contributed by atoms with Crippen LogP contribution in [0.1, 0.15) is 20.3 Å². The number of hydrogen-bond acceptors (Lipinski definition) is 4. The van der Waals surface area contributed by atoms with E-state index in [0.717, 1.165) is 18.5 Å². The van der Waals surface area contributed by atoms with Gasteiger partial charge in [-0.1, -0.05) is 13.8 Å². The summed E-state index contributed by atoms with van der Waals surface area (Å²) in [6, 6.07) is 0.893. The summed E-state index contributed by atoms with van der Waals surface area (Å²) in [6.45, 7) is 4.25. The first kappa shape index (κ1) is 16.0. The predicted octanol–water partition coefficient (Wildman–Crippen LogP) is 1.21. The molecule has 0 aromatic carbocycles. The minimum absolute atomic E-state index is 0.0664. The molecule has 1 atom stereocenters. The molecule has 19 heavy (non-hydrogen) atoms. The molecule has 1 rings (SSSR count). The fraction of sp³-hybridized carbons (Fsp3) is 0.583. The van der Waals surface area contributed by atoms with Gasteiger partial charge in [-0.15, -0.1) is 0 Å². The molecule has 0 radical (unpaired) electrons. The second-order valence-electron chi connectivity index (χ2n) is 4.86. The van der Waals surface area contributed by atoms with Gasteiger partial charge in [0.2, 0.25) is 10.0 Å². The van der Waals surface area contributed by atoms with E-state index >= 15 is 0 Å². The monoisotopic (exact) mass is 289 g/mol. The molecule has 0 bridgehead atoms. The van der Waals surface area contributed by atoms with E-state index in [9.17, 15) is 12.8 Å². The first-order chi connectivity index (χ1) is 8.75. The van der Waals surface area contributed by atoms with Crippen LogP contribution in [-0.2, 0) is 10.0 Å². The molecule has 1 aromatic heterocycles. The van der Waals surface area contributed by atoms with Crippen LogP contribution < -0.4 is 5.73 Å². The van der Waals surface area contributed by atoms with Crippen LogP contribution in [0.15, 0.2) is 23.4 Å². The van der Waals surface area contributed by atoms with Gasteiger partial charge in [0, 0.05) is 25.8 Å². The van der Waals surface area contributed by atoms with Gasteiger partial charge >= 0.3 is 0 Å². The number of halogens is 1. The smallest absolute Gasteiger partial charge is 0.244 e. The minimum atomic E-state index is -3.71. The average Bonchev–Trinajstić information content (AvgIpc) is 2.35. The summed E-state index contributed by atoms with van der Waals surface area (Å²) < 4.78 is 38.5. The maximum Gasteiger partial charge on any atom is 0.244 e. The molecule has 0 aliphatic carbocycles. The van der Waals surface area contributed by atoms with Crippen molar-refractivity contribution in [3.8, 4) is 0 Å². The molecular formula is C12H20FN3O2S. The standard InChI is InChI=1S/C12H20FN3O2S/c1-9(2)12(14)4-5-16(3)19(17,18)11-6-10(13)7-15-8-11/h6-9,12H,4-5,14H2,1-3H3. The Morgan fingerprint density at radius 1 is 1.42 bits per heavy atom. The summed E-state index contributed by atoms with van der Waals surface area (Å²) in [5.41, 5.74) is 5.88. The fourth-order valence-corrected chi connectivity index (χ4v) is 2.66. The number of sulfonamides is 1. The third-order valence-corrected chi connectivity index (χ3v) is 4.84. The van der Waals surface area contributed by atoms with Crippen LogP contribution in [0.25, 0.3) is 0 Å². The molecule has 1 unspecified atom stereocenters. The van der Waals surface area contributed by atoms with E-state index < -0.39 is 15.8 Å². The molecule has 1 heterocycles. The number of aromatic nitrogens is 1. The van der Waals surface area contributed by atoms with Gasteiger partial charge in [0.1, 0.15) is 10.7 Å². The van der Waals surface area contributed by atoms with Crippen molar-refractivity contribution in [1.82, 2.24) is 9.29 Å². The fourth-order valence-electron chi connectivity index (χ4n) is 1.50. The quantitative estimate of drug-likeness (QED) is 0.854. The molecular weight excluding hydrogens is 269 g/mol. The highest BCUT2D eigenvalue weighted by Crippen LogP contribution is 2.15. The first-order valence-corrected chi connectivity index (χ1v) is 7.51. The van der Waals surface area contributed by atoms with Crippen molar-refractivity contribution < 1.29 is 12.8 Å². The molecule has 0 spiro atoms. The van der Waals surface area contributed by atoms with E-state index in [2.05, 4.69) is 4.98 Å². The SMILES string of the molecule is CC(C)C(N)CCN(C)S(=O)(=O)c1cncc(F)c1. The first-order valence-electron chi connectivity index (χ1n) is 6.07. The Labute approximate surface area is 113 Å². The highest BCUT2D eigenvalue weighted by molar-refractivity contribution is 7.89. The zero-order valence-electron chi connectivity index (χ0n) is 11.4. The third-order valence-electron chi connectivity index (χ3n) is 3.02. The molecule has 0 aliphatic rings. The Bertz CT molecular complexity index is 519. The molecule has 0 saturated carbocycles. The molecule has 0 fully saturated rings. The number of hydrogen-bond donors (Lipinski definition) is 1.